The molecule has 0 aromatic heterocycles. The Balaban J connectivity index is 4.34. The molecule has 0 fully saturated rings. The molecule has 0 spiro atoms. The molecule has 0 heterocycles. The van der Waals surface area contributed by atoms with Crippen molar-refractivity contribution in [3.63, 3.8) is 0 Å². The number of hydrogen-bond donors (Lipinski definition) is 1. The average molecular weight is 244 g/mol. The fourth-order valence-corrected chi connectivity index (χ4v) is 1.55. The second kappa shape index (κ2) is 7.67. The standard InChI is InChI=1S/C13H28N2O2/c1-7-11(3)15(6)10-9-13(4,14-5)12(16)17-8-2/h11,14H,7-10H2,1-6H3. The highest BCUT2D eigenvalue weighted by molar-refractivity contribution is 5.80. The van der Waals surface area contributed by atoms with E-state index in [1.165, 1.54) is 0 Å². The Labute approximate surface area is 106 Å². The van der Waals surface area contributed by atoms with Crippen molar-refractivity contribution in [2.45, 2.75) is 52.1 Å². The van der Waals surface area contributed by atoms with Gasteiger partial charge in [-0.05, 0) is 47.7 Å². The Hall–Kier alpha value is -0.610. The SMILES string of the molecule is CCOC(=O)C(C)(CCN(C)C(C)CC)NC. The highest BCUT2D eigenvalue weighted by Crippen LogP contribution is 2.13. The molecule has 0 aliphatic carbocycles. The van der Waals surface area contributed by atoms with E-state index in [1.54, 1.807) is 7.05 Å². The smallest absolute Gasteiger partial charge is 0.326 e. The van der Waals surface area contributed by atoms with Crippen molar-refractivity contribution in [3.05, 3.63) is 0 Å². The van der Waals surface area contributed by atoms with E-state index < -0.39 is 5.54 Å². The molecule has 17 heavy (non-hydrogen) atoms. The van der Waals surface area contributed by atoms with Gasteiger partial charge >= 0.3 is 5.97 Å². The first kappa shape index (κ1) is 16.4. The molecular formula is C13H28N2O2. The van der Waals surface area contributed by atoms with Crippen molar-refractivity contribution in [2.24, 2.45) is 0 Å². The molecule has 0 aromatic carbocycles. The fraction of sp³-hybridized carbons (Fsp3) is 0.923. The zero-order valence-electron chi connectivity index (χ0n) is 12.2. The average Bonchev–Trinajstić information content (AvgIpc) is 2.34. The number of carbonyl (C=O) groups excluding carboxylic acids is 1. The largest absolute Gasteiger partial charge is 0.465 e. The summed E-state index contributed by atoms with van der Waals surface area (Å²) in [5.41, 5.74) is -0.586. The van der Waals surface area contributed by atoms with Gasteiger partial charge in [-0.15, -0.1) is 0 Å². The lowest BCUT2D eigenvalue weighted by atomic mass is 9.97. The number of rotatable bonds is 8. The van der Waals surface area contributed by atoms with Crippen LogP contribution in [0.5, 0.6) is 0 Å². The molecule has 0 amide bonds. The third kappa shape index (κ3) is 5.04. The summed E-state index contributed by atoms with van der Waals surface area (Å²) in [4.78, 5) is 14.1. The summed E-state index contributed by atoms with van der Waals surface area (Å²) < 4.78 is 5.10. The van der Waals surface area contributed by atoms with Crippen molar-refractivity contribution in [1.29, 1.82) is 0 Å². The van der Waals surface area contributed by atoms with Crippen LogP contribution in [0.2, 0.25) is 0 Å². The maximum Gasteiger partial charge on any atom is 0.326 e. The van der Waals surface area contributed by atoms with E-state index in [0.29, 0.717) is 12.6 Å². The first-order valence-electron chi connectivity index (χ1n) is 6.47. The lowest BCUT2D eigenvalue weighted by molar-refractivity contribution is -0.150. The van der Waals surface area contributed by atoms with E-state index in [1.807, 2.05) is 13.8 Å². The van der Waals surface area contributed by atoms with Crippen LogP contribution < -0.4 is 5.32 Å². The van der Waals surface area contributed by atoms with Gasteiger partial charge in [-0.1, -0.05) is 6.92 Å². The monoisotopic (exact) mass is 244 g/mol. The summed E-state index contributed by atoms with van der Waals surface area (Å²) in [6.07, 6.45) is 1.87. The number of carbonyl (C=O) groups is 1. The molecule has 0 aliphatic heterocycles. The van der Waals surface area contributed by atoms with Gasteiger partial charge in [0.25, 0.3) is 0 Å². The minimum Gasteiger partial charge on any atom is -0.465 e. The summed E-state index contributed by atoms with van der Waals surface area (Å²) in [7, 11) is 3.90. The molecule has 0 rings (SSSR count). The minimum atomic E-state index is -0.586. The first-order valence-corrected chi connectivity index (χ1v) is 6.47. The lowest BCUT2D eigenvalue weighted by Gasteiger charge is -2.31. The number of esters is 1. The summed E-state index contributed by atoms with van der Waals surface area (Å²) in [5, 5.41) is 3.07. The molecule has 4 heteroatoms. The zero-order valence-corrected chi connectivity index (χ0v) is 12.2. The molecule has 0 bridgehead atoms. The maximum atomic E-state index is 11.8. The van der Waals surface area contributed by atoms with Gasteiger partial charge in [0, 0.05) is 12.6 Å². The van der Waals surface area contributed by atoms with Crippen LogP contribution >= 0.6 is 0 Å². The topological polar surface area (TPSA) is 41.6 Å². The molecule has 1 N–H and O–H groups in total. The van der Waals surface area contributed by atoms with E-state index in [4.69, 9.17) is 4.74 Å². The number of nitrogens with zero attached hydrogens (tertiary/aromatic N) is 1. The molecule has 102 valence electrons. The van der Waals surface area contributed by atoms with Crippen molar-refractivity contribution in [2.75, 3.05) is 27.2 Å². The molecule has 0 radical (unpaired) electrons. The normalized spacial score (nSPS) is 16.6. The van der Waals surface area contributed by atoms with E-state index in [2.05, 4.69) is 31.1 Å². The van der Waals surface area contributed by atoms with Crippen LogP contribution in [-0.2, 0) is 9.53 Å². The van der Waals surface area contributed by atoms with Crippen LogP contribution in [-0.4, -0.2) is 49.7 Å². The molecule has 4 nitrogen and oxygen atoms in total. The highest BCUT2D eigenvalue weighted by Gasteiger charge is 2.33. The Bertz CT molecular complexity index is 233. The predicted octanol–water partition coefficient (Wildman–Crippen LogP) is 1.65. The van der Waals surface area contributed by atoms with E-state index in [0.717, 1.165) is 19.4 Å². The summed E-state index contributed by atoms with van der Waals surface area (Å²) in [5.74, 6) is -0.167. The molecule has 0 aromatic rings. The van der Waals surface area contributed by atoms with E-state index >= 15 is 0 Å². The summed E-state index contributed by atoms with van der Waals surface area (Å²) >= 11 is 0. The number of nitrogens with one attached hydrogen (secondary N) is 1. The number of likely N-dealkylation sites (N-methyl/N-ethyl adjacent to an activating group) is 1. The minimum absolute atomic E-state index is 0.167. The second-order valence-electron chi connectivity index (χ2n) is 4.79. The van der Waals surface area contributed by atoms with Gasteiger partial charge in [0.05, 0.1) is 6.61 Å². The Morgan fingerprint density at radius 2 is 2.06 bits per heavy atom. The molecule has 0 saturated heterocycles. The molecule has 2 unspecified atom stereocenters. The van der Waals surface area contributed by atoms with Gasteiger partial charge in [-0.25, -0.2) is 0 Å². The summed E-state index contributed by atoms with van der Waals surface area (Å²) in [6.45, 7) is 9.40. The van der Waals surface area contributed by atoms with Gasteiger partial charge in [0.1, 0.15) is 5.54 Å². The van der Waals surface area contributed by atoms with Gasteiger partial charge in [-0.2, -0.15) is 0 Å². The summed E-state index contributed by atoms with van der Waals surface area (Å²) in [6, 6.07) is 0.540. The van der Waals surface area contributed by atoms with E-state index in [9.17, 15) is 4.79 Å². The third-order valence-electron chi connectivity index (χ3n) is 3.59. The van der Waals surface area contributed by atoms with Gasteiger partial charge in [-0.3, -0.25) is 4.79 Å². The molecular weight excluding hydrogens is 216 g/mol. The van der Waals surface area contributed by atoms with Crippen LogP contribution in [0.15, 0.2) is 0 Å². The van der Waals surface area contributed by atoms with Crippen molar-refractivity contribution in [1.82, 2.24) is 10.2 Å². The van der Waals surface area contributed by atoms with Crippen LogP contribution in [0.4, 0.5) is 0 Å². The predicted molar refractivity (Wildman–Crippen MR) is 71.1 cm³/mol. The Kier molecular flexibility index (Phi) is 7.39. The van der Waals surface area contributed by atoms with Crippen LogP contribution in [0.3, 0.4) is 0 Å². The third-order valence-corrected chi connectivity index (χ3v) is 3.59. The fourth-order valence-electron chi connectivity index (χ4n) is 1.55. The van der Waals surface area contributed by atoms with Crippen molar-refractivity contribution < 1.29 is 9.53 Å². The maximum absolute atomic E-state index is 11.8. The van der Waals surface area contributed by atoms with Gasteiger partial charge < -0.3 is 15.0 Å². The molecule has 2 atom stereocenters. The second-order valence-corrected chi connectivity index (χ2v) is 4.79. The molecule has 0 aliphatic rings. The van der Waals surface area contributed by atoms with Crippen molar-refractivity contribution >= 4 is 5.97 Å². The van der Waals surface area contributed by atoms with Gasteiger partial charge in [0.2, 0.25) is 0 Å². The molecule has 0 saturated carbocycles. The number of hydrogen-bond acceptors (Lipinski definition) is 4. The van der Waals surface area contributed by atoms with Gasteiger partial charge in [0.15, 0.2) is 0 Å². The van der Waals surface area contributed by atoms with Crippen LogP contribution in [0, 0.1) is 0 Å². The quantitative estimate of drug-likeness (QED) is 0.659. The highest BCUT2D eigenvalue weighted by atomic mass is 16.5. The Morgan fingerprint density at radius 3 is 2.47 bits per heavy atom. The van der Waals surface area contributed by atoms with Crippen LogP contribution in [0.1, 0.15) is 40.5 Å². The van der Waals surface area contributed by atoms with Crippen LogP contribution in [0.25, 0.3) is 0 Å². The lowest BCUT2D eigenvalue weighted by Crippen LogP contribution is -2.50. The zero-order chi connectivity index (χ0) is 13.5. The number of ether oxygens (including phenoxy) is 1. The Morgan fingerprint density at radius 1 is 1.47 bits per heavy atom. The van der Waals surface area contributed by atoms with E-state index in [-0.39, 0.29) is 5.97 Å². The first-order chi connectivity index (χ1) is 7.91. The van der Waals surface area contributed by atoms with Crippen molar-refractivity contribution in [3.8, 4) is 0 Å².